The van der Waals surface area contributed by atoms with Crippen LogP contribution in [0.25, 0.3) is 34.3 Å². The molecule has 0 spiro atoms. The van der Waals surface area contributed by atoms with Gasteiger partial charge >= 0.3 is 0 Å². The average molecular weight is 417 g/mol. The second kappa shape index (κ2) is 8.63. The highest BCUT2D eigenvalue weighted by Gasteiger charge is 2.16. The fourth-order valence-corrected chi connectivity index (χ4v) is 3.31. The van der Waals surface area contributed by atoms with Crippen molar-refractivity contribution in [2.45, 2.75) is 19.6 Å². The minimum atomic E-state index is -0.386. The van der Waals surface area contributed by atoms with Gasteiger partial charge in [-0.25, -0.2) is 9.97 Å². The Morgan fingerprint density at radius 2 is 1.94 bits per heavy atom. The van der Waals surface area contributed by atoms with Crippen LogP contribution >= 0.6 is 0 Å². The third kappa shape index (κ3) is 4.16. The Bertz CT molecular complexity index is 1310. The molecule has 4 aromatic rings. The molecular formula is C23H23N5O3. The van der Waals surface area contributed by atoms with Crippen LogP contribution in [0.15, 0.2) is 53.8 Å². The van der Waals surface area contributed by atoms with Crippen LogP contribution in [0.1, 0.15) is 29.8 Å². The van der Waals surface area contributed by atoms with E-state index in [2.05, 4.69) is 10.1 Å². The summed E-state index contributed by atoms with van der Waals surface area (Å²) in [6.07, 6.45) is 8.69. The van der Waals surface area contributed by atoms with Gasteiger partial charge in [0.25, 0.3) is 5.56 Å². The number of nitrogens with zero attached hydrogens (tertiary/aromatic N) is 5. The Hall–Kier alpha value is -3.62. The normalized spacial score (nSPS) is 12.6. The van der Waals surface area contributed by atoms with Gasteiger partial charge in [0.05, 0.1) is 42.9 Å². The summed E-state index contributed by atoms with van der Waals surface area (Å²) in [7, 11) is 1.81. The number of hydrogen-bond acceptors (Lipinski definition) is 6. The zero-order chi connectivity index (χ0) is 22.0. The van der Waals surface area contributed by atoms with Crippen LogP contribution in [0.2, 0.25) is 0 Å². The van der Waals surface area contributed by atoms with E-state index in [4.69, 9.17) is 4.98 Å². The Kier molecular flexibility index (Phi) is 5.75. The number of aliphatic hydroxyl groups excluding tert-OH is 2. The van der Waals surface area contributed by atoms with Crippen molar-refractivity contribution in [3.8, 4) is 11.3 Å². The van der Waals surface area contributed by atoms with Crippen LogP contribution in [0.3, 0.4) is 0 Å². The van der Waals surface area contributed by atoms with E-state index in [1.54, 1.807) is 23.9 Å². The number of aryl methyl sites for hydroxylation is 1. The van der Waals surface area contributed by atoms with Crippen LogP contribution in [0.4, 0.5) is 0 Å². The predicted octanol–water partition coefficient (Wildman–Crippen LogP) is 2.41. The van der Waals surface area contributed by atoms with Crippen LogP contribution < -0.4 is 5.56 Å². The van der Waals surface area contributed by atoms with Crippen molar-refractivity contribution in [3.05, 3.63) is 76.2 Å². The second-order valence-electron chi connectivity index (χ2n) is 7.42. The molecule has 31 heavy (non-hydrogen) atoms. The minimum absolute atomic E-state index is 0.00374. The van der Waals surface area contributed by atoms with Crippen LogP contribution in [0.5, 0.6) is 0 Å². The number of fused-ring (bicyclic) bond motifs is 1. The van der Waals surface area contributed by atoms with Crippen LogP contribution in [-0.4, -0.2) is 41.1 Å². The van der Waals surface area contributed by atoms with E-state index in [1.807, 2.05) is 49.7 Å². The van der Waals surface area contributed by atoms with Gasteiger partial charge in [0.2, 0.25) is 0 Å². The smallest absolute Gasteiger partial charge is 0.261 e. The number of pyridine rings is 1. The predicted molar refractivity (Wildman–Crippen MR) is 119 cm³/mol. The van der Waals surface area contributed by atoms with E-state index in [0.29, 0.717) is 22.3 Å². The van der Waals surface area contributed by atoms with Crippen molar-refractivity contribution in [2.75, 3.05) is 6.61 Å². The van der Waals surface area contributed by atoms with Crippen LogP contribution in [-0.2, 0) is 13.7 Å². The first kappa shape index (κ1) is 20.6. The molecule has 0 bridgehead atoms. The van der Waals surface area contributed by atoms with Gasteiger partial charge in [0, 0.05) is 18.8 Å². The third-order valence-corrected chi connectivity index (χ3v) is 5.11. The van der Waals surface area contributed by atoms with E-state index >= 15 is 0 Å². The molecule has 0 aliphatic rings. The van der Waals surface area contributed by atoms with Crippen molar-refractivity contribution in [3.63, 3.8) is 0 Å². The lowest BCUT2D eigenvalue weighted by molar-refractivity contribution is 0.236. The van der Waals surface area contributed by atoms with Crippen LogP contribution in [0, 0.1) is 0 Å². The van der Waals surface area contributed by atoms with Crippen molar-refractivity contribution < 1.29 is 10.2 Å². The number of benzene rings is 1. The molecule has 0 radical (unpaired) electrons. The molecule has 0 aliphatic heterocycles. The summed E-state index contributed by atoms with van der Waals surface area (Å²) in [6.45, 7) is 1.59. The first-order chi connectivity index (χ1) is 15.0. The summed E-state index contributed by atoms with van der Waals surface area (Å²) in [5.74, 6) is 0. The van der Waals surface area contributed by atoms with Gasteiger partial charge in [0.15, 0.2) is 0 Å². The molecule has 1 aromatic carbocycles. The lowest BCUT2D eigenvalue weighted by Gasteiger charge is -2.13. The Morgan fingerprint density at radius 1 is 1.16 bits per heavy atom. The standard InChI is InChI=1S/C23H23N5O3/c1-15(12-29)28-14-24-22-20(23(28)31)9-19(26-21(22)18-10-25-27(2)11-18)8-7-16-3-5-17(13-30)6-4-16/h3-11,14-15,29-30H,12-13H2,1-2H3/b8-7+/t15-/m0/s1. The molecule has 8 nitrogen and oxygen atoms in total. The molecule has 4 rings (SSSR count). The molecule has 1 atom stereocenters. The molecule has 3 aromatic heterocycles. The molecule has 0 unspecified atom stereocenters. The maximum atomic E-state index is 13.1. The second-order valence-corrected chi connectivity index (χ2v) is 7.42. The number of rotatable bonds is 6. The Balaban J connectivity index is 1.87. The summed E-state index contributed by atoms with van der Waals surface area (Å²) >= 11 is 0. The third-order valence-electron chi connectivity index (χ3n) is 5.11. The molecule has 0 saturated carbocycles. The fraction of sp³-hybridized carbons (Fsp3) is 0.217. The maximum absolute atomic E-state index is 13.1. The molecular weight excluding hydrogens is 394 g/mol. The van der Waals surface area contributed by atoms with Gasteiger partial charge in [-0.15, -0.1) is 0 Å². The molecule has 0 fully saturated rings. The zero-order valence-electron chi connectivity index (χ0n) is 17.3. The maximum Gasteiger partial charge on any atom is 0.261 e. The average Bonchev–Trinajstić information content (AvgIpc) is 3.23. The summed E-state index contributed by atoms with van der Waals surface area (Å²) in [5, 5.41) is 23.3. The molecule has 8 heteroatoms. The van der Waals surface area contributed by atoms with Crippen molar-refractivity contribution >= 4 is 23.1 Å². The Labute approximate surface area is 178 Å². The van der Waals surface area contributed by atoms with E-state index in [0.717, 1.165) is 16.7 Å². The molecule has 3 heterocycles. The SMILES string of the molecule is C[C@@H](CO)n1cnc2c(-c3cnn(C)c3)nc(/C=C/c3ccc(CO)cc3)cc2c1=O. The molecule has 0 amide bonds. The van der Waals surface area contributed by atoms with Crippen molar-refractivity contribution in [1.82, 2.24) is 24.3 Å². The van der Waals surface area contributed by atoms with Gasteiger partial charge in [-0.3, -0.25) is 14.0 Å². The van der Waals surface area contributed by atoms with Gasteiger partial charge in [-0.05, 0) is 30.2 Å². The Morgan fingerprint density at radius 3 is 2.58 bits per heavy atom. The lowest BCUT2D eigenvalue weighted by atomic mass is 10.1. The lowest BCUT2D eigenvalue weighted by Crippen LogP contribution is -2.25. The number of hydrogen-bond donors (Lipinski definition) is 2. The van der Waals surface area contributed by atoms with E-state index in [-0.39, 0.29) is 24.8 Å². The number of aromatic nitrogens is 5. The van der Waals surface area contributed by atoms with Crippen molar-refractivity contribution in [2.24, 2.45) is 7.05 Å². The van der Waals surface area contributed by atoms with E-state index < -0.39 is 0 Å². The minimum Gasteiger partial charge on any atom is -0.394 e. The van der Waals surface area contributed by atoms with E-state index in [1.165, 1.54) is 10.9 Å². The highest BCUT2D eigenvalue weighted by atomic mass is 16.3. The molecule has 2 N–H and O–H groups in total. The van der Waals surface area contributed by atoms with Gasteiger partial charge < -0.3 is 10.2 Å². The van der Waals surface area contributed by atoms with Gasteiger partial charge in [0.1, 0.15) is 11.2 Å². The first-order valence-corrected chi connectivity index (χ1v) is 9.90. The summed E-state index contributed by atoms with van der Waals surface area (Å²) in [4.78, 5) is 22.3. The summed E-state index contributed by atoms with van der Waals surface area (Å²) in [5.41, 5.74) is 3.97. The zero-order valence-corrected chi connectivity index (χ0v) is 17.3. The van der Waals surface area contributed by atoms with Crippen molar-refractivity contribution in [1.29, 1.82) is 0 Å². The molecule has 158 valence electrons. The largest absolute Gasteiger partial charge is 0.394 e. The number of aliphatic hydroxyl groups is 2. The molecule has 0 aliphatic carbocycles. The summed E-state index contributed by atoms with van der Waals surface area (Å²) in [6, 6.07) is 8.85. The molecule has 0 saturated heterocycles. The van der Waals surface area contributed by atoms with E-state index in [9.17, 15) is 15.0 Å². The topological polar surface area (TPSA) is 106 Å². The first-order valence-electron chi connectivity index (χ1n) is 9.90. The highest BCUT2D eigenvalue weighted by Crippen LogP contribution is 2.25. The quantitative estimate of drug-likeness (QED) is 0.499. The fourth-order valence-electron chi connectivity index (χ4n) is 3.31. The van der Waals surface area contributed by atoms with Gasteiger partial charge in [-0.2, -0.15) is 5.10 Å². The summed E-state index contributed by atoms with van der Waals surface area (Å²) < 4.78 is 3.10. The van der Waals surface area contributed by atoms with Gasteiger partial charge in [-0.1, -0.05) is 30.3 Å². The monoisotopic (exact) mass is 417 g/mol. The highest BCUT2D eigenvalue weighted by molar-refractivity contribution is 5.92.